The van der Waals surface area contributed by atoms with Gasteiger partial charge in [-0.15, -0.1) is 0 Å². The summed E-state index contributed by atoms with van der Waals surface area (Å²) < 4.78 is 9.87. The van der Waals surface area contributed by atoms with Crippen LogP contribution in [0.1, 0.15) is 27.2 Å². The van der Waals surface area contributed by atoms with Crippen molar-refractivity contribution in [1.82, 2.24) is 4.90 Å². The lowest BCUT2D eigenvalue weighted by molar-refractivity contribution is -0.145. The van der Waals surface area contributed by atoms with E-state index < -0.39 is 29.7 Å². The smallest absolute Gasteiger partial charge is 0.411 e. The third-order valence-corrected chi connectivity index (χ3v) is 2.60. The van der Waals surface area contributed by atoms with E-state index >= 15 is 0 Å². The van der Waals surface area contributed by atoms with Crippen molar-refractivity contribution in [3.8, 4) is 0 Å². The summed E-state index contributed by atoms with van der Waals surface area (Å²) in [6.07, 6.45) is -0.366. The predicted molar refractivity (Wildman–Crippen MR) is 66.3 cm³/mol. The minimum atomic E-state index is -0.768. The molecule has 0 spiro atoms. The number of azide groups is 1. The minimum absolute atomic E-state index is 0.152. The van der Waals surface area contributed by atoms with Crippen molar-refractivity contribution in [2.75, 3.05) is 13.7 Å². The molecule has 1 fully saturated rings. The van der Waals surface area contributed by atoms with E-state index in [4.69, 9.17) is 10.3 Å². The maximum Gasteiger partial charge on any atom is 0.411 e. The van der Waals surface area contributed by atoms with Gasteiger partial charge in [-0.25, -0.2) is 9.59 Å². The SMILES string of the molecule is COC(=O)[C@H]1C[C@@H](N=[N+]=[N-])CN1C(=O)OC(C)(C)C. The molecule has 0 aromatic rings. The molecular formula is C11H18N4O4. The molecule has 1 heterocycles. The summed E-state index contributed by atoms with van der Waals surface area (Å²) in [4.78, 5) is 27.6. The molecule has 0 aliphatic carbocycles. The molecule has 8 heteroatoms. The Morgan fingerprint density at radius 2 is 2.05 bits per heavy atom. The maximum atomic E-state index is 12.0. The molecule has 0 saturated carbocycles. The molecular weight excluding hydrogens is 252 g/mol. The van der Waals surface area contributed by atoms with Crippen molar-refractivity contribution in [3.05, 3.63) is 10.4 Å². The van der Waals surface area contributed by atoms with Gasteiger partial charge in [-0.3, -0.25) is 4.90 Å². The highest BCUT2D eigenvalue weighted by Gasteiger charge is 2.41. The second kappa shape index (κ2) is 5.79. The van der Waals surface area contributed by atoms with E-state index in [2.05, 4.69) is 14.8 Å². The van der Waals surface area contributed by atoms with Crippen molar-refractivity contribution >= 4 is 12.1 Å². The highest BCUT2D eigenvalue weighted by molar-refractivity contribution is 5.82. The normalized spacial score (nSPS) is 22.6. The summed E-state index contributed by atoms with van der Waals surface area (Å²) in [7, 11) is 1.25. The van der Waals surface area contributed by atoms with Crippen LogP contribution in [-0.2, 0) is 14.3 Å². The van der Waals surface area contributed by atoms with Crippen molar-refractivity contribution in [1.29, 1.82) is 0 Å². The lowest BCUT2D eigenvalue weighted by Gasteiger charge is -2.27. The van der Waals surface area contributed by atoms with Crippen LogP contribution in [-0.4, -0.2) is 48.3 Å². The second-order valence-corrected chi connectivity index (χ2v) is 5.27. The van der Waals surface area contributed by atoms with E-state index in [0.717, 1.165) is 0 Å². The molecule has 0 unspecified atom stereocenters. The first-order valence-electron chi connectivity index (χ1n) is 5.90. The molecule has 1 amide bonds. The van der Waals surface area contributed by atoms with Gasteiger partial charge in [0.15, 0.2) is 0 Å². The summed E-state index contributed by atoms with van der Waals surface area (Å²) in [5.41, 5.74) is 7.77. The molecule has 1 aliphatic heterocycles. The molecule has 0 aromatic carbocycles. The number of likely N-dealkylation sites (tertiary alicyclic amines) is 1. The molecule has 0 radical (unpaired) electrons. The number of methoxy groups -OCH3 is 1. The predicted octanol–water partition coefficient (Wildman–Crippen LogP) is 1.85. The van der Waals surface area contributed by atoms with Gasteiger partial charge in [0.05, 0.1) is 13.2 Å². The van der Waals surface area contributed by atoms with Gasteiger partial charge in [0.25, 0.3) is 0 Å². The van der Waals surface area contributed by atoms with E-state index in [-0.39, 0.29) is 13.0 Å². The number of amides is 1. The van der Waals surface area contributed by atoms with Crippen molar-refractivity contribution < 1.29 is 19.1 Å². The molecule has 0 N–H and O–H groups in total. The van der Waals surface area contributed by atoms with Crippen LogP contribution in [0, 0.1) is 0 Å². The van der Waals surface area contributed by atoms with Gasteiger partial charge < -0.3 is 9.47 Å². The molecule has 0 aromatic heterocycles. The fourth-order valence-electron chi connectivity index (χ4n) is 1.85. The fraction of sp³-hybridized carbons (Fsp3) is 0.818. The van der Waals surface area contributed by atoms with Crippen molar-refractivity contribution in [2.45, 2.75) is 44.9 Å². The van der Waals surface area contributed by atoms with Gasteiger partial charge in [0.2, 0.25) is 0 Å². The van der Waals surface area contributed by atoms with E-state index in [0.29, 0.717) is 0 Å². The Hall–Kier alpha value is -1.95. The Bertz CT molecular complexity index is 411. The molecule has 106 valence electrons. The minimum Gasteiger partial charge on any atom is -0.467 e. The molecule has 19 heavy (non-hydrogen) atoms. The Balaban J connectivity index is 2.85. The zero-order valence-electron chi connectivity index (χ0n) is 11.5. The largest absolute Gasteiger partial charge is 0.467 e. The molecule has 1 saturated heterocycles. The number of hydrogen-bond acceptors (Lipinski definition) is 5. The maximum absolute atomic E-state index is 12.0. The van der Waals surface area contributed by atoms with E-state index in [1.54, 1.807) is 20.8 Å². The highest BCUT2D eigenvalue weighted by atomic mass is 16.6. The van der Waals surface area contributed by atoms with Crippen molar-refractivity contribution in [2.24, 2.45) is 5.11 Å². The topological polar surface area (TPSA) is 105 Å². The Morgan fingerprint density at radius 1 is 1.42 bits per heavy atom. The highest BCUT2D eigenvalue weighted by Crippen LogP contribution is 2.24. The van der Waals surface area contributed by atoms with Gasteiger partial charge in [-0.05, 0) is 32.7 Å². The van der Waals surface area contributed by atoms with Gasteiger partial charge in [-0.1, -0.05) is 5.11 Å². The fourth-order valence-corrected chi connectivity index (χ4v) is 1.85. The zero-order valence-corrected chi connectivity index (χ0v) is 11.5. The molecule has 8 nitrogen and oxygen atoms in total. The van der Waals surface area contributed by atoms with Crippen LogP contribution in [0.15, 0.2) is 5.11 Å². The van der Waals surface area contributed by atoms with Crippen LogP contribution in [0.2, 0.25) is 0 Å². The Labute approximate surface area is 111 Å². The third-order valence-electron chi connectivity index (χ3n) is 2.60. The first-order valence-corrected chi connectivity index (χ1v) is 5.90. The second-order valence-electron chi connectivity index (χ2n) is 5.27. The Morgan fingerprint density at radius 3 is 2.53 bits per heavy atom. The molecule has 0 bridgehead atoms. The summed E-state index contributed by atoms with van der Waals surface area (Å²) >= 11 is 0. The first kappa shape index (κ1) is 15.1. The van der Waals surface area contributed by atoms with Crippen LogP contribution >= 0.6 is 0 Å². The van der Waals surface area contributed by atoms with E-state index in [1.165, 1.54) is 12.0 Å². The number of carbonyl (C=O) groups is 2. The number of esters is 1. The number of rotatable bonds is 2. The van der Waals surface area contributed by atoms with Crippen LogP contribution in [0.4, 0.5) is 4.79 Å². The average molecular weight is 270 g/mol. The number of hydrogen-bond donors (Lipinski definition) is 0. The number of ether oxygens (including phenoxy) is 2. The summed E-state index contributed by atoms with van der Waals surface area (Å²) in [6, 6.07) is -1.21. The third kappa shape index (κ3) is 4.03. The van der Waals surface area contributed by atoms with Gasteiger partial charge >= 0.3 is 12.1 Å². The van der Waals surface area contributed by atoms with Gasteiger partial charge in [0, 0.05) is 11.5 Å². The lowest BCUT2D eigenvalue weighted by atomic mass is 10.2. The number of nitrogens with zero attached hydrogens (tertiary/aromatic N) is 4. The first-order chi connectivity index (χ1) is 8.78. The van der Waals surface area contributed by atoms with Gasteiger partial charge in [0.1, 0.15) is 11.6 Å². The molecule has 1 aliphatic rings. The monoisotopic (exact) mass is 270 g/mol. The summed E-state index contributed by atoms with van der Waals surface area (Å²) in [6.45, 7) is 5.36. The van der Waals surface area contributed by atoms with E-state index in [1.807, 2.05) is 0 Å². The van der Waals surface area contributed by atoms with Crippen molar-refractivity contribution in [3.63, 3.8) is 0 Å². The molecule has 1 rings (SSSR count). The standard InChI is InChI=1S/C11H18N4O4/c1-11(2,3)19-10(17)15-6-7(13-14-12)5-8(15)9(16)18-4/h7-8H,5-6H2,1-4H3/t7-,8-/m1/s1. The van der Waals surface area contributed by atoms with Crippen LogP contribution in [0.25, 0.3) is 10.4 Å². The average Bonchev–Trinajstić information content (AvgIpc) is 2.70. The van der Waals surface area contributed by atoms with Crippen LogP contribution in [0.3, 0.4) is 0 Å². The Kier molecular flexibility index (Phi) is 4.61. The van der Waals surface area contributed by atoms with Gasteiger partial charge in [-0.2, -0.15) is 0 Å². The molecule has 2 atom stereocenters. The summed E-state index contributed by atoms with van der Waals surface area (Å²) in [5.74, 6) is -0.540. The number of carbonyl (C=O) groups excluding carboxylic acids is 2. The quantitative estimate of drug-likeness (QED) is 0.330. The van der Waals surface area contributed by atoms with E-state index in [9.17, 15) is 9.59 Å². The zero-order chi connectivity index (χ0) is 14.6. The van der Waals surface area contributed by atoms with Crippen LogP contribution in [0.5, 0.6) is 0 Å². The summed E-state index contributed by atoms with van der Waals surface area (Å²) in [5, 5.41) is 3.54. The lowest BCUT2D eigenvalue weighted by Crippen LogP contribution is -2.43. The van der Waals surface area contributed by atoms with Crippen LogP contribution < -0.4 is 0 Å².